The zero-order valence-electron chi connectivity index (χ0n) is 17.6. The van der Waals surface area contributed by atoms with Gasteiger partial charge in [0.05, 0.1) is 0 Å². The summed E-state index contributed by atoms with van der Waals surface area (Å²) >= 11 is 0. The number of allylic oxidation sites excluding steroid dienone is 3. The van der Waals surface area contributed by atoms with E-state index in [-0.39, 0.29) is 17.6 Å². The van der Waals surface area contributed by atoms with E-state index in [4.69, 9.17) is 14.7 Å². The van der Waals surface area contributed by atoms with Crippen LogP contribution in [0.15, 0.2) is 35.9 Å². The maximum atomic E-state index is 11.0. The fourth-order valence-electron chi connectivity index (χ4n) is 4.01. The number of unbranched alkanes of at least 4 members (excludes halogenated alkanes) is 2. The Balaban J connectivity index is 2.49. The van der Waals surface area contributed by atoms with Crippen molar-refractivity contribution in [3.63, 3.8) is 0 Å². The maximum Gasteiger partial charge on any atom is 0.289 e. The van der Waals surface area contributed by atoms with Crippen LogP contribution >= 0.6 is 0 Å². The van der Waals surface area contributed by atoms with Gasteiger partial charge in [0.2, 0.25) is 0 Å². The van der Waals surface area contributed by atoms with Gasteiger partial charge in [-0.3, -0.25) is 0 Å². The summed E-state index contributed by atoms with van der Waals surface area (Å²) in [5.74, 6) is 1.09. The van der Waals surface area contributed by atoms with Crippen LogP contribution in [0.3, 0.4) is 0 Å². The third-order valence-electron chi connectivity index (χ3n) is 5.47. The molecule has 1 aromatic rings. The van der Waals surface area contributed by atoms with Crippen molar-refractivity contribution >= 4 is 0 Å². The third-order valence-corrected chi connectivity index (χ3v) is 5.47. The van der Waals surface area contributed by atoms with E-state index in [2.05, 4.69) is 26.5 Å². The normalized spacial score (nSPS) is 20.0. The van der Waals surface area contributed by atoms with Gasteiger partial charge in [-0.05, 0) is 63.1 Å². The average molecular weight is 384 g/mol. The number of nitriles is 1. The van der Waals surface area contributed by atoms with Crippen LogP contribution in [-0.4, -0.2) is 11.4 Å². The molecule has 152 valence electrons. The molecular formula is C24H33NO3. The highest BCUT2D eigenvalue weighted by Crippen LogP contribution is 2.47. The summed E-state index contributed by atoms with van der Waals surface area (Å²) in [6.45, 7) is 12.2. The van der Waals surface area contributed by atoms with E-state index in [1.54, 1.807) is 13.2 Å². The van der Waals surface area contributed by atoms with Crippen LogP contribution in [-0.2, 0) is 11.2 Å². The predicted molar refractivity (Wildman–Crippen MR) is 112 cm³/mol. The summed E-state index contributed by atoms with van der Waals surface area (Å²) in [6, 6.07) is 3.86. The molecule has 0 fully saturated rings. The number of phenols is 1. The summed E-state index contributed by atoms with van der Waals surface area (Å²) in [5.41, 5.74) is 4.21. The number of nitrogens with zero attached hydrogens (tertiary/aromatic N) is 1. The van der Waals surface area contributed by atoms with Crippen LogP contribution in [0, 0.1) is 17.4 Å². The van der Waals surface area contributed by atoms with Gasteiger partial charge in [0.15, 0.2) is 0 Å². The number of aromatic hydroxyl groups is 1. The predicted octanol–water partition coefficient (Wildman–Crippen LogP) is 6.36. The molecule has 1 aromatic carbocycles. The van der Waals surface area contributed by atoms with E-state index in [1.807, 2.05) is 19.1 Å². The average Bonchev–Trinajstić information content (AvgIpc) is 2.61. The first kappa shape index (κ1) is 21.9. The Labute approximate surface area is 169 Å². The molecule has 0 aromatic heterocycles. The smallest absolute Gasteiger partial charge is 0.289 e. The number of hydrogen-bond donors (Lipinski definition) is 1. The number of rotatable bonds is 9. The topological polar surface area (TPSA) is 62.5 Å². The van der Waals surface area contributed by atoms with Crippen molar-refractivity contribution in [1.82, 2.24) is 0 Å². The molecule has 4 nitrogen and oxygen atoms in total. The van der Waals surface area contributed by atoms with E-state index in [9.17, 15) is 5.11 Å². The van der Waals surface area contributed by atoms with E-state index in [0.29, 0.717) is 5.75 Å². The van der Waals surface area contributed by atoms with Crippen molar-refractivity contribution in [1.29, 1.82) is 5.26 Å². The molecule has 3 atom stereocenters. The lowest BCUT2D eigenvalue weighted by atomic mass is 9.73. The van der Waals surface area contributed by atoms with Gasteiger partial charge in [0, 0.05) is 18.4 Å². The number of ether oxygens (including phenoxy) is 2. The number of phenolic OH excluding ortho intramolecular Hbond substituents is 1. The molecule has 2 unspecified atom stereocenters. The first-order valence-corrected chi connectivity index (χ1v) is 10.3. The van der Waals surface area contributed by atoms with E-state index < -0.39 is 6.29 Å². The minimum atomic E-state index is -0.717. The zero-order valence-corrected chi connectivity index (χ0v) is 17.6. The second-order valence-corrected chi connectivity index (χ2v) is 7.91. The minimum Gasteiger partial charge on any atom is -0.507 e. The molecule has 0 radical (unpaired) electrons. The molecule has 1 aliphatic carbocycles. The summed E-state index contributed by atoms with van der Waals surface area (Å²) in [7, 11) is 0. The van der Waals surface area contributed by atoms with Gasteiger partial charge >= 0.3 is 0 Å². The minimum absolute atomic E-state index is 0.000211. The second kappa shape index (κ2) is 10.2. The Bertz CT molecular complexity index is 760. The molecule has 4 heteroatoms. The first-order valence-electron chi connectivity index (χ1n) is 10.3. The van der Waals surface area contributed by atoms with Gasteiger partial charge in [0.25, 0.3) is 12.5 Å². The first-order chi connectivity index (χ1) is 13.4. The highest BCUT2D eigenvalue weighted by molar-refractivity contribution is 5.52. The third kappa shape index (κ3) is 5.55. The lowest BCUT2D eigenvalue weighted by Crippen LogP contribution is -2.20. The van der Waals surface area contributed by atoms with Crippen molar-refractivity contribution in [3.05, 3.63) is 47.1 Å². The molecule has 0 bridgehead atoms. The van der Waals surface area contributed by atoms with Crippen molar-refractivity contribution in [2.24, 2.45) is 5.92 Å². The van der Waals surface area contributed by atoms with Gasteiger partial charge in [-0.15, -0.1) is 0 Å². The molecule has 0 saturated carbocycles. The molecule has 1 aliphatic rings. The van der Waals surface area contributed by atoms with E-state index >= 15 is 0 Å². The molecule has 28 heavy (non-hydrogen) atoms. The Morgan fingerprint density at radius 1 is 1.39 bits per heavy atom. The monoisotopic (exact) mass is 383 g/mol. The van der Waals surface area contributed by atoms with Gasteiger partial charge in [-0.2, -0.15) is 5.26 Å². The Hall–Kier alpha value is -2.41. The summed E-state index contributed by atoms with van der Waals surface area (Å²) in [4.78, 5) is 0. The SMILES string of the molecule is C=C(C)C1CCC(C)=C[C@@H]1c1c(O)cc(CCCCC)cc1OC(C)OC#N. The van der Waals surface area contributed by atoms with Crippen LogP contribution in [0.4, 0.5) is 0 Å². The van der Waals surface area contributed by atoms with E-state index in [1.165, 1.54) is 5.57 Å². The number of aryl methyl sites for hydroxylation is 1. The van der Waals surface area contributed by atoms with Crippen LogP contribution in [0.25, 0.3) is 0 Å². The Kier molecular flexibility index (Phi) is 7.99. The molecular weight excluding hydrogens is 350 g/mol. The van der Waals surface area contributed by atoms with E-state index in [0.717, 1.165) is 55.2 Å². The number of benzene rings is 1. The lowest BCUT2D eigenvalue weighted by molar-refractivity contribution is -0.00475. The van der Waals surface area contributed by atoms with Crippen LogP contribution in [0.2, 0.25) is 0 Å². The van der Waals surface area contributed by atoms with Gasteiger partial charge < -0.3 is 14.6 Å². The highest BCUT2D eigenvalue weighted by atomic mass is 16.7. The summed E-state index contributed by atoms with van der Waals surface area (Å²) < 4.78 is 10.9. The van der Waals surface area contributed by atoms with Crippen molar-refractivity contribution in [3.8, 4) is 17.8 Å². The van der Waals surface area contributed by atoms with Crippen LogP contribution < -0.4 is 4.74 Å². The van der Waals surface area contributed by atoms with Crippen LogP contribution in [0.1, 0.15) is 76.8 Å². The quantitative estimate of drug-likeness (QED) is 0.233. The molecule has 0 saturated heterocycles. The Morgan fingerprint density at radius 2 is 2.14 bits per heavy atom. The van der Waals surface area contributed by atoms with Gasteiger partial charge in [0.1, 0.15) is 11.5 Å². The molecule has 0 amide bonds. The fraction of sp³-hybridized carbons (Fsp3) is 0.542. The molecule has 1 N–H and O–H groups in total. The molecule has 2 rings (SSSR count). The second-order valence-electron chi connectivity index (χ2n) is 7.91. The summed E-state index contributed by atoms with van der Waals surface area (Å²) in [6.07, 6.45) is 9.46. The van der Waals surface area contributed by atoms with Crippen LogP contribution in [0.5, 0.6) is 11.5 Å². The molecule has 0 heterocycles. The summed E-state index contributed by atoms with van der Waals surface area (Å²) in [5, 5.41) is 19.8. The molecule has 0 aliphatic heterocycles. The fourth-order valence-corrected chi connectivity index (χ4v) is 4.01. The largest absolute Gasteiger partial charge is 0.507 e. The van der Waals surface area contributed by atoms with Gasteiger partial charge in [-0.25, -0.2) is 0 Å². The Morgan fingerprint density at radius 3 is 2.79 bits per heavy atom. The standard InChI is InChI=1S/C24H33NO3/c1-6-7-8-9-19-13-22(26)24(23(14-19)28-18(5)27-15-25)21-12-17(4)10-11-20(21)16(2)3/h12-14,18,20-21,26H,2,6-11H2,1,3-5H3/t18?,20?,21-/m0/s1. The zero-order chi connectivity index (χ0) is 20.7. The number of hydrogen-bond acceptors (Lipinski definition) is 4. The van der Waals surface area contributed by atoms with Crippen molar-refractivity contribution in [2.75, 3.05) is 0 Å². The lowest BCUT2D eigenvalue weighted by Gasteiger charge is -2.32. The maximum absolute atomic E-state index is 11.0. The van der Waals surface area contributed by atoms with Crippen molar-refractivity contribution < 1.29 is 14.6 Å². The van der Waals surface area contributed by atoms with Gasteiger partial charge in [-0.1, -0.05) is 43.6 Å². The van der Waals surface area contributed by atoms with Crippen molar-refractivity contribution in [2.45, 2.75) is 78.4 Å². The highest BCUT2D eigenvalue weighted by Gasteiger charge is 2.31. The molecule has 0 spiro atoms.